The Morgan fingerprint density at radius 2 is 2.21 bits per heavy atom. The summed E-state index contributed by atoms with van der Waals surface area (Å²) in [4.78, 5) is 40.8. The molecule has 1 amide bonds. The molecule has 0 bridgehead atoms. The summed E-state index contributed by atoms with van der Waals surface area (Å²) in [5.74, 6) is -3.34. The number of nitrogens with one attached hydrogen (secondary N) is 1. The highest BCUT2D eigenvalue weighted by atomic mass is 19.1. The third-order valence-electron chi connectivity index (χ3n) is 2.99. The monoisotopic (exact) mass is 338 g/mol. The van der Waals surface area contributed by atoms with Crippen LogP contribution < -0.4 is 5.32 Å². The number of carboxylic acids is 1. The van der Waals surface area contributed by atoms with Crippen molar-refractivity contribution in [1.82, 2.24) is 10.3 Å². The van der Waals surface area contributed by atoms with Gasteiger partial charge in [-0.05, 0) is 18.6 Å². The number of carbonyl (C=O) groups is 3. The summed E-state index contributed by atoms with van der Waals surface area (Å²) in [6.07, 6.45) is -0.147. The molecule has 2 unspecified atom stereocenters. The van der Waals surface area contributed by atoms with Gasteiger partial charge in [-0.15, -0.1) is 0 Å². The Labute approximate surface area is 136 Å². The number of carbonyl (C=O) groups excluding carboxylic acids is 2. The lowest BCUT2D eigenvalue weighted by Gasteiger charge is -2.18. The van der Waals surface area contributed by atoms with E-state index in [9.17, 15) is 18.8 Å². The predicted molar refractivity (Wildman–Crippen MR) is 77.4 cm³/mol. The maximum absolute atomic E-state index is 12.9. The van der Waals surface area contributed by atoms with E-state index in [0.717, 1.165) is 12.3 Å². The van der Waals surface area contributed by atoms with Crippen molar-refractivity contribution < 1.29 is 33.4 Å². The highest BCUT2D eigenvalue weighted by molar-refractivity contribution is 6.25. The standard InChI is InChI=1S/C14H15FN4O5/c1-24-12(10-4-2-8(15)6-17-10)13(21)19-11(14(22)23)5-3-9(20)7-18-16/h2,4,6-7,11-12H,3,5H2,1H3,(H,19,21)(H,22,23). The Morgan fingerprint density at radius 1 is 1.50 bits per heavy atom. The van der Waals surface area contributed by atoms with Crippen LogP contribution in [0.25, 0.3) is 5.53 Å². The highest BCUT2D eigenvalue weighted by Crippen LogP contribution is 2.15. The van der Waals surface area contributed by atoms with E-state index in [1.165, 1.54) is 13.2 Å². The molecular formula is C14H15FN4O5. The number of ether oxygens (including phenoxy) is 1. The molecule has 0 radical (unpaired) electrons. The maximum atomic E-state index is 12.9. The van der Waals surface area contributed by atoms with Gasteiger partial charge < -0.3 is 20.7 Å². The molecule has 9 nitrogen and oxygen atoms in total. The molecule has 2 N–H and O–H groups in total. The summed E-state index contributed by atoms with van der Waals surface area (Å²) in [6.45, 7) is 0. The first kappa shape index (κ1) is 19.1. The molecule has 0 spiro atoms. The molecule has 128 valence electrons. The second-order valence-corrected chi connectivity index (χ2v) is 4.67. The first-order valence-electron chi connectivity index (χ1n) is 6.76. The van der Waals surface area contributed by atoms with Gasteiger partial charge in [-0.1, -0.05) is 0 Å². The minimum absolute atomic E-state index is 0.101. The van der Waals surface area contributed by atoms with Crippen LogP contribution >= 0.6 is 0 Å². The van der Waals surface area contributed by atoms with E-state index in [2.05, 4.69) is 15.1 Å². The van der Waals surface area contributed by atoms with Gasteiger partial charge in [0.2, 0.25) is 5.78 Å². The van der Waals surface area contributed by atoms with Gasteiger partial charge in [0.25, 0.3) is 5.91 Å². The van der Waals surface area contributed by atoms with Crippen molar-refractivity contribution in [3.63, 3.8) is 0 Å². The molecule has 24 heavy (non-hydrogen) atoms. The van der Waals surface area contributed by atoms with E-state index >= 15 is 0 Å². The number of rotatable bonds is 9. The molecule has 10 heteroatoms. The molecule has 0 saturated heterocycles. The number of carboxylic acid groups (broad SMARTS) is 1. The number of pyridine rings is 1. The van der Waals surface area contributed by atoms with E-state index in [4.69, 9.17) is 15.4 Å². The number of hydrogen-bond donors (Lipinski definition) is 2. The summed E-state index contributed by atoms with van der Waals surface area (Å²) in [5, 5.41) is 11.3. The zero-order chi connectivity index (χ0) is 18.1. The number of nitrogens with zero attached hydrogens (tertiary/aromatic N) is 3. The van der Waals surface area contributed by atoms with Crippen LogP contribution in [0.4, 0.5) is 4.39 Å². The van der Waals surface area contributed by atoms with Crippen molar-refractivity contribution in [3.05, 3.63) is 35.4 Å². The largest absolute Gasteiger partial charge is 0.480 e. The van der Waals surface area contributed by atoms with E-state index in [0.29, 0.717) is 6.21 Å². The van der Waals surface area contributed by atoms with Crippen LogP contribution in [0.3, 0.4) is 0 Å². The van der Waals surface area contributed by atoms with E-state index in [1.54, 1.807) is 0 Å². The minimum atomic E-state index is -1.35. The average Bonchev–Trinajstić information content (AvgIpc) is 2.53. The smallest absolute Gasteiger partial charge is 0.326 e. The summed E-state index contributed by atoms with van der Waals surface area (Å²) >= 11 is 0. The predicted octanol–water partition coefficient (Wildman–Crippen LogP) is 0.127. The zero-order valence-electron chi connectivity index (χ0n) is 12.7. The Morgan fingerprint density at radius 3 is 2.71 bits per heavy atom. The minimum Gasteiger partial charge on any atom is -0.480 e. The van der Waals surface area contributed by atoms with Gasteiger partial charge in [-0.25, -0.2) is 9.18 Å². The first-order chi connectivity index (χ1) is 11.4. The van der Waals surface area contributed by atoms with Crippen molar-refractivity contribution in [2.24, 2.45) is 0 Å². The third-order valence-corrected chi connectivity index (χ3v) is 2.99. The van der Waals surface area contributed by atoms with Crippen LogP contribution in [-0.2, 0) is 19.1 Å². The normalized spacial score (nSPS) is 12.6. The quantitative estimate of drug-likeness (QED) is 0.372. The van der Waals surface area contributed by atoms with Crippen molar-refractivity contribution in [3.8, 4) is 0 Å². The summed E-state index contributed by atoms with van der Waals surface area (Å²) in [5.41, 5.74) is 8.32. The molecule has 0 fully saturated rings. The highest BCUT2D eigenvalue weighted by Gasteiger charge is 2.27. The Kier molecular flexibility index (Phi) is 7.34. The number of Topliss-reactive ketones (excluding diaryl/α,β-unsaturated/α-hetero) is 1. The topological polar surface area (TPSA) is 142 Å². The molecule has 1 heterocycles. The molecule has 0 aliphatic heterocycles. The molecule has 0 aromatic carbocycles. The lowest BCUT2D eigenvalue weighted by Crippen LogP contribution is -2.43. The molecule has 2 atom stereocenters. The number of aliphatic carboxylic acids is 1. The summed E-state index contributed by atoms with van der Waals surface area (Å²) in [7, 11) is 1.21. The number of hydrogen-bond acceptors (Lipinski definition) is 5. The molecule has 1 aromatic rings. The molecule has 0 saturated carbocycles. The number of ketones is 1. The Hall–Kier alpha value is -2.97. The van der Waals surface area contributed by atoms with E-state index in [1.807, 2.05) is 0 Å². The molecule has 0 aliphatic carbocycles. The van der Waals surface area contributed by atoms with Crippen LogP contribution in [0.5, 0.6) is 0 Å². The van der Waals surface area contributed by atoms with E-state index < -0.39 is 35.6 Å². The summed E-state index contributed by atoms with van der Waals surface area (Å²) in [6, 6.07) is 0.968. The second kappa shape index (κ2) is 9.23. The lowest BCUT2D eigenvalue weighted by atomic mass is 10.1. The van der Waals surface area contributed by atoms with Crippen LogP contribution in [0, 0.1) is 5.82 Å². The van der Waals surface area contributed by atoms with Gasteiger partial charge >= 0.3 is 12.2 Å². The number of halogens is 1. The van der Waals surface area contributed by atoms with Crippen molar-refractivity contribution in [2.75, 3.05) is 7.11 Å². The molecular weight excluding hydrogens is 323 g/mol. The van der Waals surface area contributed by atoms with Crippen LogP contribution in [0.15, 0.2) is 18.3 Å². The van der Waals surface area contributed by atoms with Crippen molar-refractivity contribution in [2.45, 2.75) is 25.0 Å². The van der Waals surface area contributed by atoms with Gasteiger partial charge in [-0.3, -0.25) is 14.6 Å². The fourth-order valence-electron chi connectivity index (χ4n) is 1.82. The molecule has 1 aromatic heterocycles. The average molecular weight is 338 g/mol. The van der Waals surface area contributed by atoms with Gasteiger partial charge in [-0.2, -0.15) is 4.79 Å². The fraction of sp³-hybridized carbons (Fsp3) is 0.357. The molecule has 0 aliphatic rings. The number of aromatic nitrogens is 1. The van der Waals surface area contributed by atoms with Gasteiger partial charge in [0.15, 0.2) is 6.10 Å². The van der Waals surface area contributed by atoms with Crippen molar-refractivity contribution in [1.29, 1.82) is 0 Å². The van der Waals surface area contributed by atoms with Crippen LogP contribution in [-0.4, -0.2) is 51.9 Å². The lowest BCUT2D eigenvalue weighted by molar-refractivity contribution is -0.144. The second-order valence-electron chi connectivity index (χ2n) is 4.67. The SMILES string of the molecule is COC(C(=O)NC(CCC(=O)C=[N+]=[N-])C(=O)O)c1ccc(F)cn1. The maximum Gasteiger partial charge on any atom is 0.326 e. The fourth-order valence-corrected chi connectivity index (χ4v) is 1.82. The van der Waals surface area contributed by atoms with Gasteiger partial charge in [0.1, 0.15) is 11.9 Å². The van der Waals surface area contributed by atoms with Crippen LogP contribution in [0.1, 0.15) is 24.6 Å². The van der Waals surface area contributed by atoms with Crippen LogP contribution in [0.2, 0.25) is 0 Å². The Bertz CT molecular complexity index is 658. The van der Waals surface area contributed by atoms with E-state index in [-0.39, 0.29) is 18.5 Å². The third kappa shape index (κ3) is 5.67. The van der Waals surface area contributed by atoms with Gasteiger partial charge in [0.05, 0.1) is 11.9 Å². The summed E-state index contributed by atoms with van der Waals surface area (Å²) < 4.78 is 17.8. The Balaban J connectivity index is 2.78. The zero-order valence-corrected chi connectivity index (χ0v) is 12.7. The van der Waals surface area contributed by atoms with Crippen molar-refractivity contribution >= 4 is 23.9 Å². The molecule has 1 rings (SSSR count). The number of amides is 1. The first-order valence-corrected chi connectivity index (χ1v) is 6.76. The number of methoxy groups -OCH3 is 1. The van der Waals surface area contributed by atoms with Gasteiger partial charge in [0, 0.05) is 13.5 Å².